The van der Waals surface area contributed by atoms with Crippen LogP contribution in [-0.4, -0.2) is 29.8 Å². The maximum absolute atomic E-state index is 4.31. The van der Waals surface area contributed by atoms with E-state index in [1.165, 1.54) is 25.7 Å². The molecule has 0 aromatic carbocycles. The molecule has 1 N–H and O–H groups in total. The second kappa shape index (κ2) is 5.96. The van der Waals surface area contributed by atoms with Gasteiger partial charge in [0.05, 0.1) is 5.69 Å². The van der Waals surface area contributed by atoms with Crippen molar-refractivity contribution in [1.29, 1.82) is 0 Å². The van der Waals surface area contributed by atoms with Crippen LogP contribution in [0.4, 0.5) is 5.82 Å². The van der Waals surface area contributed by atoms with Crippen molar-refractivity contribution in [1.82, 2.24) is 15.5 Å². The number of nitrogens with zero attached hydrogens (tertiary/aromatic N) is 3. The predicted octanol–water partition coefficient (Wildman–Crippen LogP) is 1.96. The van der Waals surface area contributed by atoms with E-state index in [1.807, 2.05) is 0 Å². The van der Waals surface area contributed by atoms with Gasteiger partial charge in [-0.1, -0.05) is 19.8 Å². The van der Waals surface area contributed by atoms with Gasteiger partial charge in [0, 0.05) is 19.6 Å². The summed E-state index contributed by atoms with van der Waals surface area (Å²) in [6.45, 7) is 3.86. The average Bonchev–Trinajstić information content (AvgIpc) is 2.90. The summed E-state index contributed by atoms with van der Waals surface area (Å²) in [6.07, 6.45) is 5.27. The standard InChI is InChI=1S/C13H22N4/c1-3-14-10-11-8-9-13(16-15-11)17(2)12-6-4-5-7-12/h8-9,12,14H,3-7,10H2,1-2H3. The van der Waals surface area contributed by atoms with Crippen LogP contribution in [0.2, 0.25) is 0 Å². The van der Waals surface area contributed by atoms with E-state index in [0.29, 0.717) is 6.04 Å². The molecule has 0 radical (unpaired) electrons. The van der Waals surface area contributed by atoms with E-state index in [0.717, 1.165) is 24.6 Å². The van der Waals surface area contributed by atoms with E-state index in [1.54, 1.807) is 0 Å². The molecule has 1 aliphatic carbocycles. The molecule has 2 rings (SSSR count). The van der Waals surface area contributed by atoms with E-state index in [4.69, 9.17) is 0 Å². The first-order valence-corrected chi connectivity index (χ1v) is 6.57. The lowest BCUT2D eigenvalue weighted by Crippen LogP contribution is -2.29. The maximum Gasteiger partial charge on any atom is 0.151 e. The molecular formula is C13H22N4. The first-order chi connectivity index (χ1) is 8.31. The van der Waals surface area contributed by atoms with Gasteiger partial charge in [0.25, 0.3) is 0 Å². The maximum atomic E-state index is 4.31. The van der Waals surface area contributed by atoms with Crippen LogP contribution in [0.1, 0.15) is 38.3 Å². The summed E-state index contributed by atoms with van der Waals surface area (Å²) in [5.41, 5.74) is 1.01. The van der Waals surface area contributed by atoms with Crippen LogP contribution in [0.5, 0.6) is 0 Å². The molecule has 94 valence electrons. The lowest BCUT2D eigenvalue weighted by molar-refractivity contribution is 0.637. The number of aromatic nitrogens is 2. The Bertz CT molecular complexity index is 330. The predicted molar refractivity (Wildman–Crippen MR) is 70.1 cm³/mol. The Morgan fingerprint density at radius 1 is 1.29 bits per heavy atom. The Balaban J connectivity index is 1.96. The van der Waals surface area contributed by atoms with Crippen LogP contribution in [0.25, 0.3) is 0 Å². The molecule has 0 bridgehead atoms. The Labute approximate surface area is 103 Å². The minimum Gasteiger partial charge on any atom is -0.355 e. The van der Waals surface area contributed by atoms with Crippen molar-refractivity contribution < 1.29 is 0 Å². The molecule has 1 aromatic rings. The minimum absolute atomic E-state index is 0.656. The van der Waals surface area contributed by atoms with Gasteiger partial charge in [0.1, 0.15) is 0 Å². The fourth-order valence-corrected chi connectivity index (χ4v) is 2.37. The van der Waals surface area contributed by atoms with E-state index in [9.17, 15) is 0 Å². The molecule has 0 amide bonds. The number of hydrogen-bond donors (Lipinski definition) is 1. The van der Waals surface area contributed by atoms with Crippen molar-refractivity contribution in [3.8, 4) is 0 Å². The van der Waals surface area contributed by atoms with Crippen molar-refractivity contribution in [2.75, 3.05) is 18.5 Å². The Morgan fingerprint density at radius 2 is 2.06 bits per heavy atom. The number of anilines is 1. The lowest BCUT2D eigenvalue weighted by Gasteiger charge is -2.24. The average molecular weight is 234 g/mol. The molecule has 17 heavy (non-hydrogen) atoms. The van der Waals surface area contributed by atoms with Crippen molar-refractivity contribution in [3.05, 3.63) is 17.8 Å². The van der Waals surface area contributed by atoms with Crippen molar-refractivity contribution in [2.45, 2.75) is 45.2 Å². The molecule has 1 aromatic heterocycles. The van der Waals surface area contributed by atoms with Crippen LogP contribution in [0.15, 0.2) is 12.1 Å². The topological polar surface area (TPSA) is 41.0 Å². The smallest absolute Gasteiger partial charge is 0.151 e. The van der Waals surface area contributed by atoms with Crippen LogP contribution in [0.3, 0.4) is 0 Å². The van der Waals surface area contributed by atoms with E-state index >= 15 is 0 Å². The van der Waals surface area contributed by atoms with Crippen molar-refractivity contribution >= 4 is 5.82 Å². The van der Waals surface area contributed by atoms with Gasteiger partial charge in [-0.05, 0) is 31.5 Å². The zero-order chi connectivity index (χ0) is 12.1. The van der Waals surface area contributed by atoms with Crippen LogP contribution in [0, 0.1) is 0 Å². The number of hydrogen-bond acceptors (Lipinski definition) is 4. The number of nitrogens with one attached hydrogen (secondary N) is 1. The monoisotopic (exact) mass is 234 g/mol. The highest BCUT2D eigenvalue weighted by Crippen LogP contribution is 2.25. The van der Waals surface area contributed by atoms with Crippen LogP contribution < -0.4 is 10.2 Å². The Morgan fingerprint density at radius 3 is 2.65 bits per heavy atom. The van der Waals surface area contributed by atoms with Gasteiger partial charge in [-0.2, -0.15) is 5.10 Å². The van der Waals surface area contributed by atoms with Gasteiger partial charge in [-0.15, -0.1) is 5.10 Å². The lowest BCUT2D eigenvalue weighted by atomic mass is 10.2. The molecule has 1 aliphatic rings. The third-order valence-corrected chi connectivity index (χ3v) is 3.50. The fraction of sp³-hybridized carbons (Fsp3) is 0.692. The first-order valence-electron chi connectivity index (χ1n) is 6.57. The molecule has 0 atom stereocenters. The highest BCUT2D eigenvalue weighted by molar-refractivity contribution is 5.37. The summed E-state index contributed by atoms with van der Waals surface area (Å²) >= 11 is 0. The second-order valence-corrected chi connectivity index (χ2v) is 4.71. The zero-order valence-corrected chi connectivity index (χ0v) is 10.8. The SMILES string of the molecule is CCNCc1ccc(N(C)C2CCCC2)nn1. The normalized spacial score (nSPS) is 16.4. The summed E-state index contributed by atoms with van der Waals surface area (Å²) in [5.74, 6) is 0.997. The molecule has 0 unspecified atom stereocenters. The molecule has 4 nitrogen and oxygen atoms in total. The van der Waals surface area contributed by atoms with Crippen molar-refractivity contribution in [2.24, 2.45) is 0 Å². The zero-order valence-electron chi connectivity index (χ0n) is 10.8. The molecule has 1 saturated carbocycles. The van der Waals surface area contributed by atoms with Gasteiger partial charge in [-0.25, -0.2) is 0 Å². The fourth-order valence-electron chi connectivity index (χ4n) is 2.37. The van der Waals surface area contributed by atoms with Crippen LogP contribution >= 0.6 is 0 Å². The first kappa shape index (κ1) is 12.3. The second-order valence-electron chi connectivity index (χ2n) is 4.71. The van der Waals surface area contributed by atoms with Gasteiger partial charge < -0.3 is 10.2 Å². The molecule has 1 fully saturated rings. The van der Waals surface area contributed by atoms with Gasteiger partial charge in [0.15, 0.2) is 5.82 Å². The molecule has 0 saturated heterocycles. The molecule has 0 aliphatic heterocycles. The minimum atomic E-state index is 0.656. The summed E-state index contributed by atoms with van der Waals surface area (Å²) in [5, 5.41) is 11.8. The third-order valence-electron chi connectivity index (χ3n) is 3.50. The molecule has 4 heteroatoms. The Kier molecular flexibility index (Phi) is 4.31. The summed E-state index contributed by atoms with van der Waals surface area (Å²) in [6, 6.07) is 4.80. The molecule has 0 spiro atoms. The highest BCUT2D eigenvalue weighted by Gasteiger charge is 2.20. The summed E-state index contributed by atoms with van der Waals surface area (Å²) in [4.78, 5) is 2.27. The van der Waals surface area contributed by atoms with E-state index < -0.39 is 0 Å². The third kappa shape index (κ3) is 3.16. The van der Waals surface area contributed by atoms with Crippen LogP contribution in [-0.2, 0) is 6.54 Å². The van der Waals surface area contributed by atoms with Gasteiger partial charge >= 0.3 is 0 Å². The van der Waals surface area contributed by atoms with Crippen molar-refractivity contribution in [3.63, 3.8) is 0 Å². The largest absolute Gasteiger partial charge is 0.355 e. The quantitative estimate of drug-likeness (QED) is 0.845. The molecule has 1 heterocycles. The number of rotatable bonds is 5. The Hall–Kier alpha value is -1.16. The summed E-state index contributed by atoms with van der Waals surface area (Å²) < 4.78 is 0. The van der Waals surface area contributed by atoms with E-state index in [2.05, 4.69) is 46.5 Å². The van der Waals surface area contributed by atoms with E-state index in [-0.39, 0.29) is 0 Å². The highest BCUT2D eigenvalue weighted by atomic mass is 15.3. The van der Waals surface area contributed by atoms with Gasteiger partial charge in [-0.3, -0.25) is 0 Å². The molecular weight excluding hydrogens is 212 g/mol. The van der Waals surface area contributed by atoms with Gasteiger partial charge in [0.2, 0.25) is 0 Å². The summed E-state index contributed by atoms with van der Waals surface area (Å²) in [7, 11) is 2.13.